The maximum atomic E-state index is 13.3. The number of aromatic nitrogens is 4. The van der Waals surface area contributed by atoms with Crippen LogP contribution in [0.25, 0.3) is 11.2 Å². The summed E-state index contributed by atoms with van der Waals surface area (Å²) in [6.45, 7) is 11.2. The van der Waals surface area contributed by atoms with E-state index < -0.39 is 38.4 Å². The van der Waals surface area contributed by atoms with Gasteiger partial charge in [0.25, 0.3) is 5.91 Å². The minimum atomic E-state index is -2.52. The molecule has 328 valence electrons. The Kier molecular flexibility index (Phi) is 12.9. The molecular formula is C51H54N6O6Si. The number of anilines is 1. The molecule has 5 aromatic carbocycles. The SMILES string of the molecule is COc1ccc(C(OC[C@H]2O[C@@H](n3cnc4c(NC(=O)c5ccccc5)ncnc43)[C@H](O[Si](C)(C)C(C)(C)C)[C@@H]2N=Cc2ccccc2)(c2ccccc2)c2ccc(OC)cc2)cc1. The van der Waals surface area contributed by atoms with E-state index in [-0.39, 0.29) is 23.4 Å². The number of nitrogens with one attached hydrogen (secondary N) is 1. The molecule has 3 heterocycles. The summed E-state index contributed by atoms with van der Waals surface area (Å²) >= 11 is 0. The van der Waals surface area contributed by atoms with Gasteiger partial charge in [-0.1, -0.05) is 124 Å². The van der Waals surface area contributed by atoms with E-state index in [9.17, 15) is 4.79 Å². The van der Waals surface area contributed by atoms with E-state index >= 15 is 0 Å². The van der Waals surface area contributed by atoms with E-state index in [0.29, 0.717) is 16.7 Å². The quantitative estimate of drug-likeness (QED) is 0.0608. The first kappa shape index (κ1) is 44.1. The van der Waals surface area contributed by atoms with Gasteiger partial charge in [-0.3, -0.25) is 14.4 Å². The summed E-state index contributed by atoms with van der Waals surface area (Å²) in [6.07, 6.45) is 2.96. The second-order valence-corrected chi connectivity index (χ2v) is 22.0. The second-order valence-electron chi connectivity index (χ2n) is 17.3. The van der Waals surface area contributed by atoms with Crippen LogP contribution in [0.2, 0.25) is 18.1 Å². The summed E-state index contributed by atoms with van der Waals surface area (Å²) in [6, 6.07) is 44.5. The molecule has 1 amide bonds. The molecule has 1 fully saturated rings. The molecule has 4 atom stereocenters. The summed E-state index contributed by atoms with van der Waals surface area (Å²) in [5.41, 5.74) is 3.88. The number of imidazole rings is 1. The Balaban J connectivity index is 1.26. The fourth-order valence-corrected chi connectivity index (χ4v) is 9.09. The number of ether oxygens (including phenoxy) is 4. The monoisotopic (exact) mass is 874 g/mol. The predicted octanol–water partition coefficient (Wildman–Crippen LogP) is 9.88. The van der Waals surface area contributed by atoms with Crippen molar-refractivity contribution in [2.45, 2.75) is 69.0 Å². The molecule has 0 saturated carbocycles. The first-order valence-electron chi connectivity index (χ1n) is 21.4. The standard InChI is InChI=1S/C51H54N6O6Si/c1-50(2,3)64(6,7)63-45-43(52-31-35-17-11-8-12-18-35)42(62-49(45)57-34-55-44-46(53-33-54-47(44)57)56-48(58)36-19-13-9-14-20-36)32-61-51(37-21-15-10-16-22-37,38-23-27-40(59-4)28-24-38)39-25-29-41(60-5)30-26-39/h8-31,33-34,42-43,45,49H,32H2,1-7H3,(H,53,54,56,58)/t42-,43-,45-,49-/m1/s1. The molecule has 1 aliphatic heterocycles. The van der Waals surface area contributed by atoms with Crippen LogP contribution in [0.15, 0.2) is 157 Å². The van der Waals surface area contributed by atoms with Crippen molar-refractivity contribution in [1.29, 1.82) is 0 Å². The number of benzene rings is 5. The largest absolute Gasteiger partial charge is 0.497 e. The Morgan fingerprint density at radius 1 is 0.766 bits per heavy atom. The number of methoxy groups -OCH3 is 2. The molecule has 12 nitrogen and oxygen atoms in total. The average Bonchev–Trinajstić information content (AvgIpc) is 3.90. The fourth-order valence-electron chi connectivity index (χ4n) is 7.80. The van der Waals surface area contributed by atoms with Crippen LogP contribution in [-0.2, 0) is 19.5 Å². The lowest BCUT2D eigenvalue weighted by Gasteiger charge is -2.40. The number of carbonyl (C=O) groups excluding carboxylic acids is 1. The third-order valence-electron chi connectivity index (χ3n) is 12.3. The van der Waals surface area contributed by atoms with Crippen LogP contribution in [-0.4, -0.2) is 79.0 Å². The molecule has 0 spiro atoms. The molecule has 0 unspecified atom stereocenters. The van der Waals surface area contributed by atoms with Gasteiger partial charge in [0.05, 0.1) is 27.2 Å². The predicted molar refractivity (Wildman–Crippen MR) is 252 cm³/mol. The lowest BCUT2D eigenvalue weighted by atomic mass is 9.80. The highest BCUT2D eigenvalue weighted by molar-refractivity contribution is 6.74. The van der Waals surface area contributed by atoms with Gasteiger partial charge in [-0.25, -0.2) is 15.0 Å². The van der Waals surface area contributed by atoms with Crippen molar-refractivity contribution in [1.82, 2.24) is 19.5 Å². The average molecular weight is 875 g/mol. The van der Waals surface area contributed by atoms with E-state index in [4.69, 9.17) is 38.3 Å². The van der Waals surface area contributed by atoms with E-state index in [0.717, 1.165) is 33.8 Å². The number of hydrogen-bond acceptors (Lipinski definition) is 10. The Morgan fingerprint density at radius 3 is 1.91 bits per heavy atom. The third-order valence-corrected chi connectivity index (χ3v) is 16.8. The van der Waals surface area contributed by atoms with Crippen LogP contribution in [0, 0.1) is 0 Å². The highest BCUT2D eigenvalue weighted by Gasteiger charge is 2.52. The van der Waals surface area contributed by atoms with Crippen LogP contribution in [0.5, 0.6) is 11.5 Å². The highest BCUT2D eigenvalue weighted by atomic mass is 28.4. The van der Waals surface area contributed by atoms with Gasteiger partial charge in [-0.2, -0.15) is 0 Å². The topological polar surface area (TPSA) is 131 Å². The van der Waals surface area contributed by atoms with Gasteiger partial charge in [0.2, 0.25) is 0 Å². The van der Waals surface area contributed by atoms with Gasteiger partial charge in [-0.15, -0.1) is 0 Å². The second kappa shape index (κ2) is 18.7. The minimum absolute atomic E-state index is 0.0948. The summed E-state index contributed by atoms with van der Waals surface area (Å²) in [5.74, 6) is 1.42. The van der Waals surface area contributed by atoms with Gasteiger partial charge in [0.15, 0.2) is 31.5 Å². The maximum absolute atomic E-state index is 13.3. The van der Waals surface area contributed by atoms with Gasteiger partial charge < -0.3 is 28.7 Å². The molecule has 64 heavy (non-hydrogen) atoms. The van der Waals surface area contributed by atoms with Crippen molar-refractivity contribution in [2.24, 2.45) is 4.99 Å². The first-order valence-corrected chi connectivity index (χ1v) is 24.3. The van der Waals surface area contributed by atoms with Crippen LogP contribution in [0.1, 0.15) is 59.6 Å². The van der Waals surface area contributed by atoms with Crippen molar-refractivity contribution >= 4 is 37.4 Å². The lowest BCUT2D eigenvalue weighted by Crippen LogP contribution is -2.48. The molecule has 0 radical (unpaired) electrons. The fraction of sp³-hybridized carbons (Fsp3) is 0.275. The molecule has 13 heteroatoms. The van der Waals surface area contributed by atoms with Crippen molar-refractivity contribution in [2.75, 3.05) is 26.1 Å². The van der Waals surface area contributed by atoms with E-state index in [1.807, 2.05) is 126 Å². The number of fused-ring (bicyclic) bond motifs is 1. The minimum Gasteiger partial charge on any atom is -0.497 e. The molecule has 2 aromatic heterocycles. The van der Waals surface area contributed by atoms with Gasteiger partial charge in [0.1, 0.15) is 41.7 Å². The Morgan fingerprint density at radius 2 is 1.33 bits per heavy atom. The number of amides is 1. The summed E-state index contributed by atoms with van der Waals surface area (Å²) in [7, 11) is 0.792. The van der Waals surface area contributed by atoms with E-state index in [2.05, 4.69) is 56.3 Å². The van der Waals surface area contributed by atoms with Gasteiger partial charge in [-0.05, 0) is 76.8 Å². The van der Waals surface area contributed by atoms with Crippen molar-refractivity contribution in [3.63, 3.8) is 0 Å². The lowest BCUT2D eigenvalue weighted by molar-refractivity contribution is -0.0850. The van der Waals surface area contributed by atoms with Gasteiger partial charge in [0, 0.05) is 11.8 Å². The molecule has 0 aliphatic carbocycles. The molecule has 1 N–H and O–H groups in total. The third kappa shape index (κ3) is 8.97. The van der Waals surface area contributed by atoms with Crippen LogP contribution < -0.4 is 14.8 Å². The molecule has 8 rings (SSSR count). The Hall–Kier alpha value is -6.51. The molecule has 0 bridgehead atoms. The number of aliphatic imine (C=N–C) groups is 1. The highest BCUT2D eigenvalue weighted by Crippen LogP contribution is 2.46. The molecule has 1 saturated heterocycles. The summed E-state index contributed by atoms with van der Waals surface area (Å²) in [4.78, 5) is 32.6. The van der Waals surface area contributed by atoms with E-state index in [1.54, 1.807) is 32.7 Å². The summed E-state index contributed by atoms with van der Waals surface area (Å²) in [5, 5.41) is 2.78. The number of nitrogens with zero attached hydrogens (tertiary/aromatic N) is 5. The first-order chi connectivity index (χ1) is 30.9. The van der Waals surface area contributed by atoms with Crippen molar-refractivity contribution in [3.8, 4) is 11.5 Å². The van der Waals surface area contributed by atoms with E-state index in [1.165, 1.54) is 6.33 Å². The van der Waals surface area contributed by atoms with Crippen LogP contribution >= 0.6 is 0 Å². The molecular weight excluding hydrogens is 821 g/mol. The Labute approximate surface area is 375 Å². The zero-order valence-electron chi connectivity index (χ0n) is 37.2. The molecule has 7 aromatic rings. The maximum Gasteiger partial charge on any atom is 0.256 e. The zero-order chi connectivity index (χ0) is 44.9. The smallest absolute Gasteiger partial charge is 0.256 e. The zero-order valence-corrected chi connectivity index (χ0v) is 38.2. The number of hydrogen-bond donors (Lipinski definition) is 1. The van der Waals surface area contributed by atoms with Crippen LogP contribution in [0.4, 0.5) is 5.82 Å². The Bertz CT molecular complexity index is 2630. The number of rotatable bonds is 15. The number of carbonyl (C=O) groups is 1. The van der Waals surface area contributed by atoms with Crippen molar-refractivity contribution < 1.29 is 28.2 Å². The molecule has 1 aliphatic rings. The van der Waals surface area contributed by atoms with Crippen molar-refractivity contribution in [3.05, 3.63) is 180 Å². The van der Waals surface area contributed by atoms with Gasteiger partial charge >= 0.3 is 0 Å². The normalized spacial score (nSPS) is 18.0. The summed E-state index contributed by atoms with van der Waals surface area (Å²) < 4.78 is 35.2. The van der Waals surface area contributed by atoms with Crippen LogP contribution in [0.3, 0.4) is 0 Å².